The van der Waals surface area contributed by atoms with Gasteiger partial charge in [0.15, 0.2) is 10.9 Å². The molecule has 1 amide bonds. The maximum atomic E-state index is 12.5. The first-order valence-corrected chi connectivity index (χ1v) is 12.7. The van der Waals surface area contributed by atoms with Crippen LogP contribution in [0.2, 0.25) is 0 Å². The molecule has 0 saturated heterocycles. The van der Waals surface area contributed by atoms with E-state index in [1.807, 2.05) is 12.1 Å². The van der Waals surface area contributed by atoms with Crippen LogP contribution in [0.5, 0.6) is 0 Å². The van der Waals surface area contributed by atoms with Crippen molar-refractivity contribution < 1.29 is 22.0 Å². The molecule has 2 aliphatic heterocycles. The Labute approximate surface area is 187 Å². The summed E-state index contributed by atoms with van der Waals surface area (Å²) in [6.07, 6.45) is 3.00. The average molecular weight is 479 g/mol. The predicted octanol–water partition coefficient (Wildman–Crippen LogP) is 3.81. The molecule has 31 heavy (non-hydrogen) atoms. The first kappa shape index (κ1) is 21.7. The molecule has 9 nitrogen and oxygen atoms in total. The van der Waals surface area contributed by atoms with Gasteiger partial charge < -0.3 is 8.83 Å². The highest BCUT2D eigenvalue weighted by molar-refractivity contribution is 8.42. The normalized spacial score (nSPS) is 18.0. The number of furan rings is 2. The van der Waals surface area contributed by atoms with Crippen molar-refractivity contribution in [3.63, 3.8) is 0 Å². The fourth-order valence-electron chi connectivity index (χ4n) is 2.78. The summed E-state index contributed by atoms with van der Waals surface area (Å²) in [5.41, 5.74) is -0.0347. The number of thioether (sulfide) groups is 2. The van der Waals surface area contributed by atoms with Crippen molar-refractivity contribution >= 4 is 60.7 Å². The number of hydrazone groups is 1. The smallest absolute Gasteiger partial charge is 0.283 e. The summed E-state index contributed by atoms with van der Waals surface area (Å²) in [6.45, 7) is 3.58. The molecule has 0 spiro atoms. The molecule has 0 aliphatic carbocycles. The van der Waals surface area contributed by atoms with E-state index in [4.69, 9.17) is 14.2 Å². The van der Waals surface area contributed by atoms with E-state index >= 15 is 0 Å². The van der Waals surface area contributed by atoms with Crippen LogP contribution < -0.4 is 0 Å². The Bertz CT molecular complexity index is 1220. The zero-order valence-corrected chi connectivity index (χ0v) is 19.0. The van der Waals surface area contributed by atoms with Crippen LogP contribution >= 0.6 is 23.5 Å². The van der Waals surface area contributed by atoms with Gasteiger partial charge in [0.25, 0.3) is 5.91 Å². The van der Waals surface area contributed by atoms with E-state index in [2.05, 4.69) is 10.1 Å². The number of hydrogen-bond acceptors (Lipinski definition) is 9. The van der Waals surface area contributed by atoms with Crippen molar-refractivity contribution in [3.05, 3.63) is 47.6 Å². The number of nitrogens with one attached hydrogen (secondary N) is 1. The summed E-state index contributed by atoms with van der Waals surface area (Å²) in [7, 11) is -3.62. The van der Waals surface area contributed by atoms with Crippen molar-refractivity contribution in [2.75, 3.05) is 5.75 Å². The van der Waals surface area contributed by atoms with Gasteiger partial charge in [-0.1, -0.05) is 25.6 Å². The third-order valence-electron chi connectivity index (χ3n) is 4.08. The number of carbonyl (C=O) groups is 1. The lowest BCUT2D eigenvalue weighted by molar-refractivity contribution is -0.114. The number of hydrogen-bond donors (Lipinski definition) is 1. The standard InChI is InChI=1S/C19H18N4O5S3/c1-11(2)10-31(25,26)19-22-23-16(20)14(17(24)21-18(23)30-19)8-12-5-6-15(28-12)29-9-13-4-3-7-27-13/h3-8,11,20H,9-10H2,1-2H3/b14-8-,20-16?. The van der Waals surface area contributed by atoms with E-state index in [1.54, 1.807) is 32.2 Å². The number of rotatable bonds is 6. The van der Waals surface area contributed by atoms with E-state index in [0.717, 1.165) is 22.5 Å². The number of sulfone groups is 1. The van der Waals surface area contributed by atoms with Gasteiger partial charge >= 0.3 is 0 Å². The third-order valence-corrected chi connectivity index (χ3v) is 8.45. The van der Waals surface area contributed by atoms with Crippen molar-refractivity contribution in [2.45, 2.75) is 24.7 Å². The second-order valence-electron chi connectivity index (χ2n) is 7.09. The maximum Gasteiger partial charge on any atom is 0.283 e. The SMILES string of the molecule is CC(C)CS(=O)(=O)C1=NN2C(=N)/C(=C/c3ccc(SCc4ccco4)o3)C(=O)N=C2S1. The van der Waals surface area contributed by atoms with Gasteiger partial charge in [-0.15, -0.1) is 5.10 Å². The summed E-state index contributed by atoms with van der Waals surface area (Å²) in [6, 6.07) is 7.10. The maximum absolute atomic E-state index is 12.5. The highest BCUT2D eigenvalue weighted by Gasteiger charge is 2.39. The quantitative estimate of drug-likeness (QED) is 0.490. The molecule has 0 radical (unpaired) electrons. The molecule has 0 saturated carbocycles. The molecule has 2 aliphatic rings. The van der Waals surface area contributed by atoms with Crippen LogP contribution in [-0.4, -0.2) is 40.5 Å². The molecule has 0 atom stereocenters. The van der Waals surface area contributed by atoms with Crippen LogP contribution in [0.3, 0.4) is 0 Å². The molecular weight excluding hydrogens is 460 g/mol. The van der Waals surface area contributed by atoms with Gasteiger partial charge in [0.1, 0.15) is 11.5 Å². The molecule has 162 valence electrons. The summed E-state index contributed by atoms with van der Waals surface area (Å²) in [5, 5.41) is 14.1. The molecule has 4 heterocycles. The third kappa shape index (κ3) is 4.70. The number of nitrogens with zero attached hydrogens (tertiary/aromatic N) is 3. The lowest BCUT2D eigenvalue weighted by Crippen LogP contribution is -2.35. The van der Waals surface area contributed by atoms with Gasteiger partial charge in [0.05, 0.1) is 23.3 Å². The van der Waals surface area contributed by atoms with Gasteiger partial charge in [-0.3, -0.25) is 10.2 Å². The van der Waals surface area contributed by atoms with Gasteiger partial charge in [-0.2, -0.15) is 10.0 Å². The minimum absolute atomic E-state index is 0.0347. The fourth-order valence-corrected chi connectivity index (χ4v) is 6.33. The second kappa shape index (κ2) is 8.52. The number of amides is 1. The number of aliphatic imine (C=N–C) groups is 1. The van der Waals surface area contributed by atoms with Gasteiger partial charge in [-0.05, 0) is 48.0 Å². The predicted molar refractivity (Wildman–Crippen MR) is 121 cm³/mol. The Balaban J connectivity index is 1.53. The molecule has 0 fully saturated rings. The summed E-state index contributed by atoms with van der Waals surface area (Å²) in [4.78, 5) is 16.4. The van der Waals surface area contributed by atoms with E-state index < -0.39 is 15.7 Å². The Morgan fingerprint density at radius 2 is 2.13 bits per heavy atom. The fraction of sp³-hybridized carbons (Fsp3) is 0.263. The first-order chi connectivity index (χ1) is 14.7. The molecule has 0 aromatic carbocycles. The largest absolute Gasteiger partial charge is 0.468 e. The van der Waals surface area contributed by atoms with Crippen LogP contribution in [0, 0.1) is 11.3 Å². The van der Waals surface area contributed by atoms with Crippen LogP contribution in [-0.2, 0) is 20.4 Å². The van der Waals surface area contributed by atoms with Crippen molar-refractivity contribution in [1.29, 1.82) is 5.41 Å². The van der Waals surface area contributed by atoms with Crippen molar-refractivity contribution in [3.8, 4) is 0 Å². The Kier molecular flexibility index (Phi) is 5.95. The molecule has 0 bridgehead atoms. The van der Waals surface area contributed by atoms with E-state index in [9.17, 15) is 13.2 Å². The minimum atomic E-state index is -3.62. The minimum Gasteiger partial charge on any atom is -0.468 e. The van der Waals surface area contributed by atoms with Gasteiger partial charge in [0, 0.05) is 0 Å². The zero-order chi connectivity index (χ0) is 22.2. The van der Waals surface area contributed by atoms with Gasteiger partial charge in [-0.25, -0.2) is 8.42 Å². The lowest BCUT2D eigenvalue weighted by Gasteiger charge is -2.19. The molecule has 2 aromatic rings. The van der Waals surface area contributed by atoms with Crippen LogP contribution in [0.4, 0.5) is 0 Å². The highest BCUT2D eigenvalue weighted by Crippen LogP contribution is 2.32. The van der Waals surface area contributed by atoms with Crippen molar-refractivity contribution in [1.82, 2.24) is 5.01 Å². The summed E-state index contributed by atoms with van der Waals surface area (Å²) < 4.78 is 35.8. The Morgan fingerprint density at radius 3 is 2.84 bits per heavy atom. The molecule has 4 rings (SSSR count). The van der Waals surface area contributed by atoms with Gasteiger partial charge in [0.2, 0.25) is 19.4 Å². The summed E-state index contributed by atoms with van der Waals surface area (Å²) >= 11 is 2.21. The Morgan fingerprint density at radius 1 is 1.32 bits per heavy atom. The van der Waals surface area contributed by atoms with Crippen LogP contribution in [0.25, 0.3) is 6.08 Å². The number of amidine groups is 2. The number of fused-ring (bicyclic) bond motifs is 1. The highest BCUT2D eigenvalue weighted by atomic mass is 32.3. The molecule has 1 N–H and O–H groups in total. The molecule has 12 heteroatoms. The zero-order valence-electron chi connectivity index (χ0n) is 16.6. The second-order valence-corrected chi connectivity index (χ2v) is 11.2. The average Bonchev–Trinajstić information content (AvgIpc) is 3.43. The van der Waals surface area contributed by atoms with Crippen molar-refractivity contribution in [2.24, 2.45) is 16.0 Å². The van der Waals surface area contributed by atoms with E-state index in [1.165, 1.54) is 17.8 Å². The van der Waals surface area contributed by atoms with E-state index in [0.29, 0.717) is 16.6 Å². The Hall–Kier alpha value is -2.57. The monoisotopic (exact) mass is 478 g/mol. The van der Waals surface area contributed by atoms with Crippen LogP contribution in [0.15, 0.2) is 60.1 Å². The summed E-state index contributed by atoms with van der Waals surface area (Å²) in [5.74, 6) is 0.711. The van der Waals surface area contributed by atoms with E-state index in [-0.39, 0.29) is 32.6 Å². The molecule has 0 unspecified atom stereocenters. The molecule has 2 aromatic heterocycles. The van der Waals surface area contributed by atoms with Crippen LogP contribution in [0.1, 0.15) is 25.4 Å². The topological polar surface area (TPSA) is 129 Å². The molecular formula is C19H18N4O5S3. The number of carbonyl (C=O) groups excluding carboxylic acids is 1. The first-order valence-electron chi connectivity index (χ1n) is 9.21. The lowest BCUT2D eigenvalue weighted by atomic mass is 10.1.